The molecule has 0 radical (unpaired) electrons. The van der Waals surface area contributed by atoms with Gasteiger partial charge in [-0.15, -0.1) is 10.2 Å². The Balaban J connectivity index is 1.53. The predicted molar refractivity (Wildman–Crippen MR) is 114 cm³/mol. The molecular weight excluding hydrogens is 370 g/mol. The summed E-state index contributed by atoms with van der Waals surface area (Å²) >= 11 is 1.36. The summed E-state index contributed by atoms with van der Waals surface area (Å²) in [4.78, 5) is 12.2. The lowest BCUT2D eigenvalue weighted by atomic mass is 10.0. The molecule has 0 saturated carbocycles. The third-order valence-corrected chi connectivity index (χ3v) is 5.16. The number of thioether (sulfide) groups is 1. The molecule has 0 fully saturated rings. The fourth-order valence-corrected chi connectivity index (χ4v) is 3.21. The molecule has 144 valence electrons. The van der Waals surface area contributed by atoms with E-state index in [2.05, 4.69) is 29.4 Å². The van der Waals surface area contributed by atoms with Crippen molar-refractivity contribution in [3.05, 3.63) is 66.2 Å². The minimum absolute atomic E-state index is 0.0664. The lowest BCUT2D eigenvalue weighted by molar-refractivity contribution is -0.113. The molecule has 1 amide bonds. The van der Waals surface area contributed by atoms with E-state index in [-0.39, 0.29) is 11.7 Å². The summed E-state index contributed by atoms with van der Waals surface area (Å²) in [7, 11) is 1.64. The fourth-order valence-electron chi connectivity index (χ4n) is 2.60. The number of nitrogens with one attached hydrogen (secondary N) is 1. The normalized spacial score (nSPS) is 10.7. The van der Waals surface area contributed by atoms with E-state index in [1.807, 2.05) is 60.7 Å². The zero-order valence-electron chi connectivity index (χ0n) is 16.2. The Bertz CT molecular complexity index is 908. The van der Waals surface area contributed by atoms with Crippen molar-refractivity contribution in [2.45, 2.75) is 24.8 Å². The Morgan fingerprint density at radius 1 is 1.00 bits per heavy atom. The number of nitrogens with zero attached hydrogens (tertiary/aromatic N) is 2. The van der Waals surface area contributed by atoms with E-state index in [1.165, 1.54) is 17.3 Å². The van der Waals surface area contributed by atoms with E-state index in [0.717, 1.165) is 22.7 Å². The van der Waals surface area contributed by atoms with Crippen LogP contribution in [0.3, 0.4) is 0 Å². The van der Waals surface area contributed by atoms with Crippen LogP contribution in [-0.2, 0) is 4.79 Å². The smallest absolute Gasteiger partial charge is 0.234 e. The molecule has 0 spiro atoms. The molecule has 0 atom stereocenters. The standard InChI is InChI=1S/C22H23N3O2S/c1-15(2)16-4-8-18(9-5-16)23-21(26)14-28-22-13-12-20(24-25-22)17-6-10-19(27-3)11-7-17/h4-13,15H,14H2,1-3H3,(H,23,26). The van der Waals surface area contributed by atoms with Gasteiger partial charge < -0.3 is 10.1 Å². The highest BCUT2D eigenvalue weighted by Crippen LogP contribution is 2.22. The number of carbonyl (C=O) groups is 1. The van der Waals surface area contributed by atoms with Gasteiger partial charge in [-0.2, -0.15) is 0 Å². The lowest BCUT2D eigenvalue weighted by Gasteiger charge is -2.08. The first kappa shape index (κ1) is 19.9. The number of anilines is 1. The van der Waals surface area contributed by atoms with Gasteiger partial charge in [-0.25, -0.2) is 0 Å². The van der Waals surface area contributed by atoms with E-state index in [1.54, 1.807) is 7.11 Å². The summed E-state index contributed by atoms with van der Waals surface area (Å²) < 4.78 is 5.16. The second-order valence-electron chi connectivity index (χ2n) is 6.60. The predicted octanol–water partition coefficient (Wildman–Crippen LogP) is 5.01. The molecule has 5 nitrogen and oxygen atoms in total. The van der Waals surface area contributed by atoms with E-state index in [4.69, 9.17) is 4.74 Å². The van der Waals surface area contributed by atoms with Gasteiger partial charge in [0, 0.05) is 11.3 Å². The number of methoxy groups -OCH3 is 1. The van der Waals surface area contributed by atoms with Crippen LogP contribution in [0.5, 0.6) is 5.75 Å². The van der Waals surface area contributed by atoms with E-state index in [0.29, 0.717) is 10.9 Å². The van der Waals surface area contributed by atoms with Crippen LogP contribution in [0.4, 0.5) is 5.69 Å². The summed E-state index contributed by atoms with van der Waals surface area (Å²) in [5.74, 6) is 1.49. The maximum absolute atomic E-state index is 12.2. The molecule has 0 unspecified atom stereocenters. The van der Waals surface area contributed by atoms with Crippen molar-refractivity contribution in [1.82, 2.24) is 10.2 Å². The quantitative estimate of drug-likeness (QED) is 0.572. The average molecular weight is 394 g/mol. The first-order valence-electron chi connectivity index (χ1n) is 9.06. The Morgan fingerprint density at radius 3 is 2.29 bits per heavy atom. The average Bonchev–Trinajstić information content (AvgIpc) is 2.73. The number of ether oxygens (including phenoxy) is 1. The highest BCUT2D eigenvalue weighted by Gasteiger charge is 2.07. The van der Waals surface area contributed by atoms with Gasteiger partial charge in [0.25, 0.3) is 0 Å². The molecule has 0 saturated heterocycles. The van der Waals surface area contributed by atoms with Crippen LogP contribution in [0.15, 0.2) is 65.7 Å². The fraction of sp³-hybridized carbons (Fsp3) is 0.227. The molecule has 3 aromatic rings. The van der Waals surface area contributed by atoms with Gasteiger partial charge in [0.2, 0.25) is 5.91 Å². The van der Waals surface area contributed by atoms with E-state index >= 15 is 0 Å². The maximum Gasteiger partial charge on any atom is 0.234 e. The SMILES string of the molecule is COc1ccc(-c2ccc(SCC(=O)Nc3ccc(C(C)C)cc3)nn2)cc1. The minimum atomic E-state index is -0.0664. The third-order valence-electron chi connectivity index (χ3n) is 4.24. The maximum atomic E-state index is 12.2. The summed E-state index contributed by atoms with van der Waals surface area (Å²) in [5.41, 5.74) is 3.80. The van der Waals surface area contributed by atoms with Crippen LogP contribution < -0.4 is 10.1 Å². The summed E-state index contributed by atoms with van der Waals surface area (Å²) in [6.07, 6.45) is 0. The van der Waals surface area contributed by atoms with Gasteiger partial charge >= 0.3 is 0 Å². The molecule has 0 aliphatic heterocycles. The number of carbonyl (C=O) groups excluding carboxylic acids is 1. The van der Waals surface area contributed by atoms with Crippen LogP contribution >= 0.6 is 11.8 Å². The molecular formula is C22H23N3O2S. The second kappa shape index (κ2) is 9.37. The summed E-state index contributed by atoms with van der Waals surface area (Å²) in [6.45, 7) is 4.29. The molecule has 1 aromatic heterocycles. The van der Waals surface area contributed by atoms with Gasteiger partial charge in [0.1, 0.15) is 10.8 Å². The molecule has 0 aliphatic rings. The molecule has 1 heterocycles. The van der Waals surface area contributed by atoms with Gasteiger partial charge in [0.15, 0.2) is 0 Å². The third kappa shape index (κ3) is 5.33. The Hall–Kier alpha value is -2.86. The van der Waals surface area contributed by atoms with Crippen molar-refractivity contribution < 1.29 is 9.53 Å². The first-order chi connectivity index (χ1) is 13.5. The zero-order chi connectivity index (χ0) is 19.9. The Morgan fingerprint density at radius 2 is 1.71 bits per heavy atom. The lowest BCUT2D eigenvalue weighted by Crippen LogP contribution is -2.14. The summed E-state index contributed by atoms with van der Waals surface area (Å²) in [6, 6.07) is 19.4. The monoisotopic (exact) mass is 393 g/mol. The van der Waals surface area contributed by atoms with Crippen molar-refractivity contribution in [3.8, 4) is 17.0 Å². The first-order valence-corrected chi connectivity index (χ1v) is 10.0. The molecule has 0 aliphatic carbocycles. The van der Waals surface area contributed by atoms with Crippen LogP contribution in [0.2, 0.25) is 0 Å². The van der Waals surface area contributed by atoms with Crippen LogP contribution in [0.25, 0.3) is 11.3 Å². The molecule has 3 rings (SSSR count). The number of hydrogen-bond donors (Lipinski definition) is 1. The van der Waals surface area contributed by atoms with Crippen molar-refractivity contribution in [2.24, 2.45) is 0 Å². The van der Waals surface area contributed by atoms with Gasteiger partial charge in [-0.05, 0) is 60.0 Å². The van der Waals surface area contributed by atoms with Crippen molar-refractivity contribution in [2.75, 3.05) is 18.2 Å². The van der Waals surface area contributed by atoms with E-state index < -0.39 is 0 Å². The van der Waals surface area contributed by atoms with Crippen LogP contribution in [0, 0.1) is 0 Å². The van der Waals surface area contributed by atoms with Crippen LogP contribution in [-0.4, -0.2) is 29.0 Å². The van der Waals surface area contributed by atoms with Crippen molar-refractivity contribution in [1.29, 1.82) is 0 Å². The van der Waals surface area contributed by atoms with Gasteiger partial charge in [-0.1, -0.05) is 37.7 Å². The number of rotatable bonds is 7. The number of hydrogen-bond acceptors (Lipinski definition) is 5. The minimum Gasteiger partial charge on any atom is -0.497 e. The number of aromatic nitrogens is 2. The highest BCUT2D eigenvalue weighted by molar-refractivity contribution is 7.99. The van der Waals surface area contributed by atoms with Gasteiger partial charge in [-0.3, -0.25) is 4.79 Å². The molecule has 2 aromatic carbocycles. The van der Waals surface area contributed by atoms with Gasteiger partial charge in [0.05, 0.1) is 18.6 Å². The topological polar surface area (TPSA) is 64.1 Å². The zero-order valence-corrected chi connectivity index (χ0v) is 17.0. The molecule has 1 N–H and O–H groups in total. The van der Waals surface area contributed by atoms with Crippen molar-refractivity contribution >= 4 is 23.4 Å². The van der Waals surface area contributed by atoms with Crippen LogP contribution in [0.1, 0.15) is 25.3 Å². The number of benzene rings is 2. The largest absolute Gasteiger partial charge is 0.497 e. The Kier molecular flexibility index (Phi) is 6.66. The molecule has 0 bridgehead atoms. The molecule has 28 heavy (non-hydrogen) atoms. The number of amides is 1. The molecule has 6 heteroatoms. The van der Waals surface area contributed by atoms with E-state index in [9.17, 15) is 4.79 Å². The highest BCUT2D eigenvalue weighted by atomic mass is 32.2. The summed E-state index contributed by atoms with van der Waals surface area (Å²) in [5, 5.41) is 12.1. The van der Waals surface area contributed by atoms with Crippen molar-refractivity contribution in [3.63, 3.8) is 0 Å². The Labute approximate surface area is 169 Å². The second-order valence-corrected chi connectivity index (χ2v) is 7.59.